The first-order chi connectivity index (χ1) is 12.3. The zero-order valence-corrected chi connectivity index (χ0v) is 15.7. The molecule has 1 aromatic carbocycles. The Hall–Kier alpha value is -2.54. The van der Waals surface area contributed by atoms with Gasteiger partial charge in [-0.2, -0.15) is 0 Å². The van der Waals surface area contributed by atoms with Crippen molar-refractivity contribution in [3.8, 4) is 17.1 Å². The van der Waals surface area contributed by atoms with Gasteiger partial charge in [0.15, 0.2) is 17.1 Å². The predicted octanol–water partition coefficient (Wildman–Crippen LogP) is 2.83. The van der Waals surface area contributed by atoms with Crippen LogP contribution in [0.25, 0.3) is 11.3 Å². The maximum absolute atomic E-state index is 11.9. The average molecular weight is 359 g/mol. The highest BCUT2D eigenvalue weighted by Gasteiger charge is 2.35. The summed E-state index contributed by atoms with van der Waals surface area (Å²) in [6.45, 7) is 4.96. The molecular formula is C19H25N3O4. The summed E-state index contributed by atoms with van der Waals surface area (Å²) in [6, 6.07) is 7.07. The minimum Gasteiger partial charge on any atom is -0.497 e. The first-order valence-corrected chi connectivity index (χ1v) is 8.60. The minimum atomic E-state index is -1.05. The van der Waals surface area contributed by atoms with Crippen LogP contribution in [0.3, 0.4) is 0 Å². The van der Waals surface area contributed by atoms with Crippen molar-refractivity contribution in [2.45, 2.75) is 13.3 Å². The Morgan fingerprint density at radius 2 is 2.12 bits per heavy atom. The second kappa shape index (κ2) is 6.99. The molecule has 0 radical (unpaired) electrons. The van der Waals surface area contributed by atoms with Crippen LogP contribution >= 0.6 is 0 Å². The highest BCUT2D eigenvalue weighted by atomic mass is 16.5. The lowest BCUT2D eigenvalue weighted by Gasteiger charge is -2.29. The van der Waals surface area contributed by atoms with Crippen molar-refractivity contribution < 1.29 is 19.2 Å². The van der Waals surface area contributed by atoms with Gasteiger partial charge in [0.2, 0.25) is 0 Å². The molecule has 0 saturated carbocycles. The number of rotatable bonds is 6. The molecule has 0 spiro atoms. The number of aromatic carboxylic acids is 1. The fourth-order valence-corrected chi connectivity index (χ4v) is 3.72. The summed E-state index contributed by atoms with van der Waals surface area (Å²) in [6.07, 6.45) is 1.07. The molecule has 1 unspecified atom stereocenters. The van der Waals surface area contributed by atoms with Gasteiger partial charge in [0.1, 0.15) is 5.75 Å². The molecule has 1 fully saturated rings. The van der Waals surface area contributed by atoms with Crippen LogP contribution < -0.4 is 9.64 Å². The standard InChI is InChI=1S/C19H25N3O4/c1-19(9-10-21(2)11-19)12-22(3)17-15(18(23)24)16(26-20-17)13-5-7-14(25-4)8-6-13/h5-8H,9-12H2,1-4H3,(H,23,24). The largest absolute Gasteiger partial charge is 0.497 e. The van der Waals surface area contributed by atoms with E-state index in [4.69, 9.17) is 9.26 Å². The highest BCUT2D eigenvalue weighted by molar-refractivity contribution is 5.99. The van der Waals surface area contributed by atoms with Crippen LogP contribution in [0, 0.1) is 5.41 Å². The van der Waals surface area contributed by atoms with E-state index >= 15 is 0 Å². The number of hydrogen-bond acceptors (Lipinski definition) is 6. The number of methoxy groups -OCH3 is 1. The lowest BCUT2D eigenvalue weighted by atomic mass is 9.89. The lowest BCUT2D eigenvalue weighted by molar-refractivity contribution is 0.0697. The van der Waals surface area contributed by atoms with Gasteiger partial charge in [-0.1, -0.05) is 12.1 Å². The molecule has 1 aliphatic rings. The number of likely N-dealkylation sites (tertiary alicyclic amines) is 1. The third kappa shape index (κ3) is 3.53. The van der Waals surface area contributed by atoms with Crippen molar-refractivity contribution in [2.24, 2.45) is 5.41 Å². The Morgan fingerprint density at radius 3 is 2.65 bits per heavy atom. The number of ether oxygens (including phenoxy) is 1. The van der Waals surface area contributed by atoms with Crippen LogP contribution in [0.5, 0.6) is 5.75 Å². The number of anilines is 1. The van der Waals surface area contributed by atoms with Crippen LogP contribution in [-0.2, 0) is 0 Å². The number of aromatic nitrogens is 1. The normalized spacial score (nSPS) is 20.3. The first kappa shape index (κ1) is 18.3. The van der Waals surface area contributed by atoms with Crippen LogP contribution in [0.15, 0.2) is 28.8 Å². The summed E-state index contributed by atoms with van der Waals surface area (Å²) in [5.74, 6) is 0.267. The third-order valence-electron chi connectivity index (χ3n) is 4.97. The maximum Gasteiger partial charge on any atom is 0.343 e. The van der Waals surface area contributed by atoms with Crippen molar-refractivity contribution in [3.63, 3.8) is 0 Å². The van der Waals surface area contributed by atoms with Gasteiger partial charge in [-0.05, 0) is 49.7 Å². The van der Waals surface area contributed by atoms with Crippen LogP contribution in [0.2, 0.25) is 0 Å². The molecule has 2 aromatic rings. The molecule has 1 aromatic heterocycles. The van der Waals surface area contributed by atoms with E-state index in [1.54, 1.807) is 31.4 Å². The molecule has 0 aliphatic carbocycles. The number of benzene rings is 1. The Balaban J connectivity index is 1.90. The molecule has 1 aliphatic heterocycles. The SMILES string of the molecule is COc1ccc(-c2onc(N(C)CC3(C)CCN(C)C3)c2C(=O)O)cc1. The number of carbonyl (C=O) groups is 1. The molecule has 7 nitrogen and oxygen atoms in total. The fraction of sp³-hybridized carbons (Fsp3) is 0.474. The van der Waals surface area contributed by atoms with E-state index in [0.717, 1.165) is 19.5 Å². The molecular weight excluding hydrogens is 334 g/mol. The van der Waals surface area contributed by atoms with Gasteiger partial charge in [-0.25, -0.2) is 4.79 Å². The van der Waals surface area contributed by atoms with Crippen LogP contribution in [0.1, 0.15) is 23.7 Å². The topological polar surface area (TPSA) is 79.0 Å². The summed E-state index contributed by atoms with van der Waals surface area (Å²) >= 11 is 0. The second-order valence-electron chi connectivity index (χ2n) is 7.40. The number of carboxylic acid groups (broad SMARTS) is 1. The van der Waals surface area contributed by atoms with Crippen LogP contribution in [-0.4, -0.2) is 62.0 Å². The van der Waals surface area contributed by atoms with Crippen molar-refractivity contribution in [2.75, 3.05) is 45.7 Å². The van der Waals surface area contributed by atoms with Gasteiger partial charge in [-0.15, -0.1) is 0 Å². The van der Waals surface area contributed by atoms with E-state index in [0.29, 0.717) is 23.7 Å². The van der Waals surface area contributed by atoms with E-state index in [-0.39, 0.29) is 16.7 Å². The molecule has 2 heterocycles. The van der Waals surface area contributed by atoms with Gasteiger partial charge >= 0.3 is 5.97 Å². The van der Waals surface area contributed by atoms with E-state index in [9.17, 15) is 9.90 Å². The summed E-state index contributed by atoms with van der Waals surface area (Å²) in [5, 5.41) is 13.8. The third-order valence-corrected chi connectivity index (χ3v) is 4.97. The Morgan fingerprint density at radius 1 is 1.42 bits per heavy atom. The van der Waals surface area contributed by atoms with Crippen LogP contribution in [0.4, 0.5) is 5.82 Å². The maximum atomic E-state index is 11.9. The van der Waals surface area contributed by atoms with Crippen molar-refractivity contribution in [1.82, 2.24) is 10.1 Å². The van der Waals surface area contributed by atoms with Gasteiger partial charge < -0.3 is 24.2 Å². The van der Waals surface area contributed by atoms with Crippen molar-refractivity contribution >= 4 is 11.8 Å². The van der Waals surface area contributed by atoms with E-state index < -0.39 is 5.97 Å². The second-order valence-corrected chi connectivity index (χ2v) is 7.40. The molecule has 26 heavy (non-hydrogen) atoms. The van der Waals surface area contributed by atoms with E-state index in [2.05, 4.69) is 24.0 Å². The quantitative estimate of drug-likeness (QED) is 0.849. The molecule has 1 N–H and O–H groups in total. The molecule has 1 atom stereocenters. The molecule has 1 saturated heterocycles. The molecule has 140 valence electrons. The van der Waals surface area contributed by atoms with E-state index in [1.807, 2.05) is 11.9 Å². The monoisotopic (exact) mass is 359 g/mol. The minimum absolute atomic E-state index is 0.0904. The lowest BCUT2D eigenvalue weighted by Crippen LogP contribution is -2.36. The summed E-state index contributed by atoms with van der Waals surface area (Å²) in [5.41, 5.74) is 0.841. The van der Waals surface area contributed by atoms with Crippen molar-refractivity contribution in [3.05, 3.63) is 29.8 Å². The summed E-state index contributed by atoms with van der Waals surface area (Å²) < 4.78 is 10.6. The summed E-state index contributed by atoms with van der Waals surface area (Å²) in [7, 11) is 5.55. The molecule has 0 amide bonds. The van der Waals surface area contributed by atoms with E-state index in [1.165, 1.54) is 0 Å². The Labute approximate surface area is 153 Å². The molecule has 0 bridgehead atoms. The number of carboxylic acids is 1. The summed E-state index contributed by atoms with van der Waals surface area (Å²) in [4.78, 5) is 16.1. The first-order valence-electron chi connectivity index (χ1n) is 8.60. The molecule has 7 heteroatoms. The number of hydrogen-bond donors (Lipinski definition) is 1. The van der Waals surface area contributed by atoms with Crippen molar-refractivity contribution in [1.29, 1.82) is 0 Å². The molecule has 3 rings (SSSR count). The average Bonchev–Trinajstić information content (AvgIpc) is 3.18. The van der Waals surface area contributed by atoms with Gasteiger partial charge in [-0.3, -0.25) is 0 Å². The smallest absolute Gasteiger partial charge is 0.343 e. The highest BCUT2D eigenvalue weighted by Crippen LogP contribution is 2.35. The van der Waals surface area contributed by atoms with Gasteiger partial charge in [0, 0.05) is 25.7 Å². The Bertz CT molecular complexity index is 787. The van der Waals surface area contributed by atoms with Gasteiger partial charge in [0.25, 0.3) is 0 Å². The fourth-order valence-electron chi connectivity index (χ4n) is 3.72. The van der Waals surface area contributed by atoms with Gasteiger partial charge in [0.05, 0.1) is 7.11 Å². The number of nitrogens with zero attached hydrogens (tertiary/aromatic N) is 3. The zero-order chi connectivity index (χ0) is 18.9. The zero-order valence-electron chi connectivity index (χ0n) is 15.7. The predicted molar refractivity (Wildman–Crippen MR) is 98.9 cm³/mol. The Kier molecular flexibility index (Phi) is 4.91.